The van der Waals surface area contributed by atoms with Crippen LogP contribution >= 0.6 is 31.9 Å². The van der Waals surface area contributed by atoms with Gasteiger partial charge in [-0.2, -0.15) is 0 Å². The number of ether oxygens (including phenoxy) is 2. The smallest absolute Gasteiger partial charge is 0.393 e. The molecule has 0 heterocycles. The molecular weight excluding hydrogens is 775 g/mol. The minimum Gasteiger partial charge on any atom is -0.393 e. The van der Waals surface area contributed by atoms with Gasteiger partial charge in [-0.3, -0.25) is 9.59 Å². The van der Waals surface area contributed by atoms with Gasteiger partial charge in [-0.25, -0.2) is 0 Å². The summed E-state index contributed by atoms with van der Waals surface area (Å²) in [5, 5.41) is 7.71. The molecule has 0 saturated heterocycles. The molecule has 2 atom stereocenters. The first-order chi connectivity index (χ1) is 24.7. The normalized spacial score (nSPS) is 29.3. The van der Waals surface area contributed by atoms with E-state index in [1.807, 2.05) is 38.5 Å². The van der Waals surface area contributed by atoms with Crippen LogP contribution < -0.4 is 10.6 Å². The number of halogens is 2. The minimum atomic E-state index is -0.528. The number of benzene rings is 2. The maximum Gasteiger partial charge on any atom is 0.441 e. The van der Waals surface area contributed by atoms with Gasteiger partial charge in [0.1, 0.15) is 12.5 Å². The first kappa shape index (κ1) is 39.0. The van der Waals surface area contributed by atoms with Crippen LogP contribution in [0, 0.1) is 0 Å². The summed E-state index contributed by atoms with van der Waals surface area (Å²) in [4.78, 5) is 26.7. The lowest BCUT2D eigenvalue weighted by Crippen LogP contribution is -2.49. The van der Waals surface area contributed by atoms with E-state index in [-0.39, 0.29) is 41.5 Å². The third-order valence-electron chi connectivity index (χ3n) is 13.1. The molecule has 2 aromatic carbocycles. The molecule has 278 valence electrons. The molecule has 2 aromatic rings. The molecule has 2 amide bonds. The van der Waals surface area contributed by atoms with Gasteiger partial charge < -0.3 is 29.4 Å². The highest BCUT2D eigenvalue weighted by atomic mass is 79.9. The van der Waals surface area contributed by atoms with E-state index >= 15 is 0 Å². The topological polar surface area (TPSA) is 95.1 Å². The van der Waals surface area contributed by atoms with Crippen LogP contribution in [0.4, 0.5) is 0 Å². The number of methoxy groups -OCH3 is 2. The Morgan fingerprint density at radius 1 is 0.608 bits per heavy atom. The lowest BCUT2D eigenvalue weighted by atomic mass is 9.56. The van der Waals surface area contributed by atoms with Crippen molar-refractivity contribution in [2.75, 3.05) is 24.9 Å². The van der Waals surface area contributed by atoms with Gasteiger partial charge in [-0.05, 0) is 149 Å². The summed E-state index contributed by atoms with van der Waals surface area (Å²) < 4.78 is 23.9. The molecule has 6 aliphatic carbocycles. The summed E-state index contributed by atoms with van der Waals surface area (Å²) >= 11 is 7.01. The van der Waals surface area contributed by atoms with Crippen molar-refractivity contribution < 1.29 is 28.4 Å². The molecule has 0 aliphatic heterocycles. The lowest BCUT2D eigenvalue weighted by Gasteiger charge is -2.53. The summed E-state index contributed by atoms with van der Waals surface area (Å²) in [6.07, 6.45) is 15.3. The highest BCUT2D eigenvalue weighted by Gasteiger charge is 2.50. The lowest BCUT2D eigenvalue weighted by molar-refractivity contribution is -0.0956. The second-order valence-electron chi connectivity index (χ2n) is 15.5. The number of fused-ring (bicyclic) bond motifs is 6. The van der Waals surface area contributed by atoms with Crippen LogP contribution in [0.2, 0.25) is 0 Å². The first-order valence-electron chi connectivity index (χ1n) is 19.0. The third-order valence-corrected chi connectivity index (χ3v) is 14.2. The minimum absolute atomic E-state index is 0.0602. The van der Waals surface area contributed by atoms with Gasteiger partial charge in [0, 0.05) is 36.0 Å². The van der Waals surface area contributed by atoms with Crippen LogP contribution in [0.1, 0.15) is 135 Å². The van der Waals surface area contributed by atoms with Crippen molar-refractivity contribution in [2.24, 2.45) is 0 Å². The fraction of sp³-hybridized carbons (Fsp3) is 0.650. The number of alkyl halides is 2. The molecule has 2 unspecified atom stereocenters. The van der Waals surface area contributed by atoms with Gasteiger partial charge in [0.2, 0.25) is 0 Å². The molecule has 8 nitrogen and oxygen atoms in total. The number of amides is 2. The summed E-state index contributed by atoms with van der Waals surface area (Å²) in [7, 11) is 3.64. The van der Waals surface area contributed by atoms with Crippen LogP contribution in [0.5, 0.6) is 0 Å². The van der Waals surface area contributed by atoms with Crippen LogP contribution in [0.3, 0.4) is 0 Å². The van der Waals surface area contributed by atoms with E-state index in [9.17, 15) is 9.59 Å². The van der Waals surface area contributed by atoms with E-state index in [2.05, 4.69) is 66.8 Å². The monoisotopic (exact) mass is 828 g/mol. The van der Waals surface area contributed by atoms with Gasteiger partial charge in [0.15, 0.2) is 0 Å². The zero-order valence-corrected chi connectivity index (χ0v) is 33.6. The molecule has 6 saturated carbocycles. The number of carbonyl (C=O) groups is 2. The van der Waals surface area contributed by atoms with Crippen LogP contribution in [0.25, 0.3) is 0 Å². The van der Waals surface area contributed by atoms with Crippen molar-refractivity contribution in [3.05, 3.63) is 70.8 Å². The van der Waals surface area contributed by atoms with E-state index in [1.54, 1.807) is 0 Å². The van der Waals surface area contributed by atoms with Crippen molar-refractivity contribution in [1.29, 1.82) is 0 Å². The third kappa shape index (κ3) is 8.81. The van der Waals surface area contributed by atoms with Crippen molar-refractivity contribution in [2.45, 2.75) is 137 Å². The predicted molar refractivity (Wildman–Crippen MR) is 209 cm³/mol. The average Bonchev–Trinajstić information content (AvgIpc) is 3.20. The Morgan fingerprint density at radius 2 is 0.941 bits per heavy atom. The molecule has 0 spiro atoms. The van der Waals surface area contributed by atoms with Crippen molar-refractivity contribution in [3.63, 3.8) is 0 Å². The molecule has 2 N–H and O–H groups in total. The van der Waals surface area contributed by atoms with E-state index in [1.165, 1.54) is 11.1 Å². The summed E-state index contributed by atoms with van der Waals surface area (Å²) in [5.74, 6) is -0.341. The molecular formula is C40H55BBr2N2O6. The largest absolute Gasteiger partial charge is 0.441 e. The number of nitrogens with one attached hydrogen (secondary N) is 2. The molecule has 51 heavy (non-hydrogen) atoms. The molecule has 0 aromatic heterocycles. The van der Waals surface area contributed by atoms with E-state index in [0.29, 0.717) is 24.0 Å². The van der Waals surface area contributed by atoms with E-state index in [4.69, 9.17) is 18.8 Å². The summed E-state index contributed by atoms with van der Waals surface area (Å²) in [6.45, 7) is 0. The molecule has 6 aliphatic rings. The van der Waals surface area contributed by atoms with Crippen LogP contribution in [-0.2, 0) is 29.6 Å². The first-order valence-corrected chi connectivity index (χ1v) is 21.2. The SMILES string of the molecule is COC12CCC(c3ccc(C(=O)NC(CCCBr)OBOC(CCCBr)NC(=O)c4ccc(C56CCC(OC)(CC5)CC6)cc4)cc3)(CC1)CC2. The Labute approximate surface area is 321 Å². The standard InChI is InChI=1S/C40H55BBr2N2O6/c1-48-39-21-15-37(16-22-39,17-23-39)31-11-7-29(8-12-31)35(46)44-33(5-3-27-42)50-41-51-34(6-4-28-43)45-36(47)30-9-13-32(14-10-30)38-18-24-40(49-2,25-19-38)26-20-38/h7-14,33-34,41H,3-6,15-28H2,1-2H3,(H,44,46)(H,45,47). The Kier molecular flexibility index (Phi) is 13.1. The maximum atomic E-state index is 13.4. The zero-order valence-electron chi connectivity index (χ0n) is 30.4. The Bertz CT molecular complexity index is 1320. The second-order valence-corrected chi connectivity index (χ2v) is 17.1. The van der Waals surface area contributed by atoms with E-state index < -0.39 is 12.5 Å². The summed E-state index contributed by atoms with van der Waals surface area (Å²) in [5.41, 5.74) is 4.42. The molecule has 0 radical (unpaired) electrons. The van der Waals surface area contributed by atoms with Gasteiger partial charge >= 0.3 is 7.69 Å². The maximum absolute atomic E-state index is 13.4. The fourth-order valence-corrected chi connectivity index (χ4v) is 9.96. The number of carbonyl (C=O) groups excluding carboxylic acids is 2. The second kappa shape index (κ2) is 17.1. The van der Waals surface area contributed by atoms with Crippen LogP contribution in [0.15, 0.2) is 48.5 Å². The average molecular weight is 831 g/mol. The molecule has 6 fully saturated rings. The Balaban J connectivity index is 1.01. The predicted octanol–water partition coefficient (Wildman–Crippen LogP) is 8.13. The van der Waals surface area contributed by atoms with Crippen molar-refractivity contribution in [3.8, 4) is 0 Å². The zero-order chi connectivity index (χ0) is 36.0. The van der Waals surface area contributed by atoms with Crippen molar-refractivity contribution >= 4 is 51.4 Å². The van der Waals surface area contributed by atoms with Crippen LogP contribution in [-0.4, -0.2) is 68.0 Å². The Morgan fingerprint density at radius 3 is 1.24 bits per heavy atom. The molecule has 4 bridgehead atoms. The van der Waals surface area contributed by atoms with Gasteiger partial charge in [-0.1, -0.05) is 56.1 Å². The number of hydrogen-bond acceptors (Lipinski definition) is 6. The number of rotatable bonds is 18. The molecule has 8 rings (SSSR count). The fourth-order valence-electron chi connectivity index (χ4n) is 9.31. The highest BCUT2D eigenvalue weighted by molar-refractivity contribution is 9.09. The van der Waals surface area contributed by atoms with Gasteiger partial charge in [-0.15, -0.1) is 0 Å². The highest BCUT2D eigenvalue weighted by Crippen LogP contribution is 2.56. The Hall–Kier alpha value is -1.76. The van der Waals surface area contributed by atoms with Gasteiger partial charge in [0.05, 0.1) is 11.2 Å². The number of hydrogen-bond donors (Lipinski definition) is 2. The molecule has 11 heteroatoms. The summed E-state index contributed by atoms with van der Waals surface area (Å²) in [6, 6.07) is 16.3. The van der Waals surface area contributed by atoms with Gasteiger partial charge in [0.25, 0.3) is 11.8 Å². The van der Waals surface area contributed by atoms with Crippen molar-refractivity contribution in [1.82, 2.24) is 10.6 Å². The van der Waals surface area contributed by atoms with E-state index in [0.717, 1.165) is 101 Å². The quantitative estimate of drug-likeness (QED) is 0.0896.